The number of aryl methyl sites for hydroxylation is 1. The minimum atomic E-state index is -0.816. The minimum absolute atomic E-state index is 0.0745. The zero-order valence-electron chi connectivity index (χ0n) is 12.3. The van der Waals surface area contributed by atoms with Crippen LogP contribution in [-0.4, -0.2) is 18.2 Å². The molecule has 2 atom stereocenters. The van der Waals surface area contributed by atoms with Crippen molar-refractivity contribution >= 4 is 5.97 Å². The van der Waals surface area contributed by atoms with E-state index >= 15 is 0 Å². The summed E-state index contributed by atoms with van der Waals surface area (Å²) in [5.41, 5.74) is 10.5. The van der Waals surface area contributed by atoms with Gasteiger partial charge in [-0.05, 0) is 55.0 Å². The maximum Gasteiger partial charge on any atom is 0.303 e. The van der Waals surface area contributed by atoms with Crippen LogP contribution in [0, 0.1) is 26.7 Å². The molecule has 4 heteroatoms. The van der Waals surface area contributed by atoms with Crippen LogP contribution in [-0.2, 0) is 4.79 Å². The topological polar surface area (TPSA) is 72.5 Å². The summed E-state index contributed by atoms with van der Waals surface area (Å²) in [5.74, 6) is -0.0805. The van der Waals surface area contributed by atoms with Gasteiger partial charge in [-0.15, -0.1) is 0 Å². The molecule has 0 spiro atoms. The van der Waals surface area contributed by atoms with Crippen molar-refractivity contribution in [3.63, 3.8) is 0 Å². The van der Waals surface area contributed by atoms with E-state index in [0.29, 0.717) is 0 Å². The van der Waals surface area contributed by atoms with Crippen molar-refractivity contribution in [2.45, 2.75) is 40.2 Å². The van der Waals surface area contributed by atoms with Crippen molar-refractivity contribution in [2.75, 3.05) is 7.11 Å². The van der Waals surface area contributed by atoms with Crippen LogP contribution in [0.1, 0.15) is 41.6 Å². The molecule has 0 saturated heterocycles. The molecule has 0 fully saturated rings. The van der Waals surface area contributed by atoms with E-state index in [0.717, 1.165) is 28.0 Å². The third-order valence-corrected chi connectivity index (χ3v) is 3.77. The Morgan fingerprint density at radius 3 is 2.42 bits per heavy atom. The summed E-state index contributed by atoms with van der Waals surface area (Å²) in [6.07, 6.45) is 0.0745. The highest BCUT2D eigenvalue weighted by molar-refractivity contribution is 5.67. The lowest BCUT2D eigenvalue weighted by atomic mass is 9.85. The van der Waals surface area contributed by atoms with Gasteiger partial charge in [0.1, 0.15) is 5.75 Å². The predicted octanol–water partition coefficient (Wildman–Crippen LogP) is 2.73. The number of hydrogen-bond donors (Lipinski definition) is 2. The molecule has 0 aliphatic carbocycles. The molecule has 1 aromatic rings. The third kappa shape index (κ3) is 3.26. The number of carbonyl (C=O) groups is 1. The average molecular weight is 265 g/mol. The fourth-order valence-corrected chi connectivity index (χ4v) is 2.48. The predicted molar refractivity (Wildman–Crippen MR) is 75.6 cm³/mol. The van der Waals surface area contributed by atoms with Crippen LogP contribution in [0.25, 0.3) is 0 Å². The quantitative estimate of drug-likeness (QED) is 0.858. The SMILES string of the molecule is COc1cc(C)c(C(N)C(C)CC(=O)O)c(C)c1C. The van der Waals surface area contributed by atoms with Crippen LogP contribution < -0.4 is 10.5 Å². The number of rotatable bonds is 5. The van der Waals surface area contributed by atoms with Crippen molar-refractivity contribution in [2.24, 2.45) is 11.7 Å². The van der Waals surface area contributed by atoms with Gasteiger partial charge in [0, 0.05) is 12.5 Å². The lowest BCUT2D eigenvalue weighted by Crippen LogP contribution is -2.23. The third-order valence-electron chi connectivity index (χ3n) is 3.77. The number of carboxylic acids is 1. The zero-order chi connectivity index (χ0) is 14.7. The molecule has 0 saturated carbocycles. The van der Waals surface area contributed by atoms with Gasteiger partial charge in [0.25, 0.3) is 0 Å². The molecule has 2 unspecified atom stereocenters. The summed E-state index contributed by atoms with van der Waals surface area (Å²) in [6.45, 7) is 7.86. The molecular weight excluding hydrogens is 242 g/mol. The first kappa shape index (κ1) is 15.5. The monoisotopic (exact) mass is 265 g/mol. The first-order valence-corrected chi connectivity index (χ1v) is 6.41. The lowest BCUT2D eigenvalue weighted by Gasteiger charge is -2.25. The number of ether oxygens (including phenoxy) is 1. The molecule has 0 amide bonds. The van der Waals surface area contributed by atoms with Gasteiger partial charge in [0.2, 0.25) is 0 Å². The number of hydrogen-bond acceptors (Lipinski definition) is 3. The summed E-state index contributed by atoms with van der Waals surface area (Å²) in [5, 5.41) is 8.88. The van der Waals surface area contributed by atoms with Crippen LogP contribution >= 0.6 is 0 Å². The van der Waals surface area contributed by atoms with E-state index < -0.39 is 5.97 Å². The van der Waals surface area contributed by atoms with Crippen molar-refractivity contribution in [1.29, 1.82) is 0 Å². The van der Waals surface area contributed by atoms with Crippen LogP contribution in [0.15, 0.2) is 6.07 Å². The van der Waals surface area contributed by atoms with Gasteiger partial charge in [0.05, 0.1) is 7.11 Å². The van der Waals surface area contributed by atoms with Crippen molar-refractivity contribution in [3.05, 3.63) is 28.3 Å². The Labute approximate surface area is 114 Å². The standard InChI is InChI=1S/C15H23NO3/c1-8-6-12(19-5)10(3)11(4)14(8)15(16)9(2)7-13(17)18/h6,9,15H,7,16H2,1-5H3,(H,17,18). The van der Waals surface area contributed by atoms with Crippen LogP contribution in [0.5, 0.6) is 5.75 Å². The van der Waals surface area contributed by atoms with Gasteiger partial charge in [-0.3, -0.25) is 4.79 Å². The maximum absolute atomic E-state index is 10.8. The summed E-state index contributed by atoms with van der Waals surface area (Å²) >= 11 is 0. The second kappa shape index (κ2) is 6.06. The number of nitrogens with two attached hydrogens (primary N) is 1. The molecule has 0 radical (unpaired) electrons. The van der Waals surface area contributed by atoms with E-state index in [4.69, 9.17) is 15.6 Å². The van der Waals surface area contributed by atoms with E-state index in [2.05, 4.69) is 0 Å². The summed E-state index contributed by atoms with van der Waals surface area (Å²) in [6, 6.07) is 1.69. The normalized spacial score (nSPS) is 14.0. The largest absolute Gasteiger partial charge is 0.496 e. The smallest absolute Gasteiger partial charge is 0.303 e. The van der Waals surface area contributed by atoms with Crippen molar-refractivity contribution in [3.8, 4) is 5.75 Å². The summed E-state index contributed by atoms with van der Waals surface area (Å²) in [7, 11) is 1.65. The van der Waals surface area contributed by atoms with Gasteiger partial charge < -0.3 is 15.6 Å². The lowest BCUT2D eigenvalue weighted by molar-refractivity contribution is -0.138. The molecule has 0 aliphatic heterocycles. The van der Waals surface area contributed by atoms with Gasteiger partial charge >= 0.3 is 5.97 Å². The van der Waals surface area contributed by atoms with E-state index in [1.165, 1.54) is 0 Å². The molecule has 4 nitrogen and oxygen atoms in total. The number of methoxy groups -OCH3 is 1. The Kier molecular flexibility index (Phi) is 4.95. The van der Waals surface area contributed by atoms with Gasteiger partial charge in [0.15, 0.2) is 0 Å². The molecule has 106 valence electrons. The van der Waals surface area contributed by atoms with E-state index in [-0.39, 0.29) is 18.4 Å². The Hall–Kier alpha value is -1.55. The van der Waals surface area contributed by atoms with Crippen LogP contribution in [0.2, 0.25) is 0 Å². The molecule has 3 N–H and O–H groups in total. The summed E-state index contributed by atoms with van der Waals surface area (Å²) in [4.78, 5) is 10.8. The molecule has 1 aromatic carbocycles. The Morgan fingerprint density at radius 2 is 1.95 bits per heavy atom. The van der Waals surface area contributed by atoms with E-state index in [1.807, 2.05) is 33.8 Å². The van der Waals surface area contributed by atoms with Crippen LogP contribution in [0.4, 0.5) is 0 Å². The van der Waals surface area contributed by atoms with E-state index in [9.17, 15) is 4.79 Å². The van der Waals surface area contributed by atoms with Crippen molar-refractivity contribution in [1.82, 2.24) is 0 Å². The molecule has 0 aliphatic rings. The second-order valence-electron chi connectivity index (χ2n) is 5.16. The highest BCUT2D eigenvalue weighted by Gasteiger charge is 2.22. The molecule has 0 bridgehead atoms. The molecule has 19 heavy (non-hydrogen) atoms. The van der Waals surface area contributed by atoms with Crippen molar-refractivity contribution < 1.29 is 14.6 Å². The molecule has 0 aromatic heterocycles. The first-order chi connectivity index (χ1) is 8.79. The number of carboxylic acid groups (broad SMARTS) is 1. The highest BCUT2D eigenvalue weighted by Crippen LogP contribution is 2.33. The second-order valence-corrected chi connectivity index (χ2v) is 5.16. The zero-order valence-corrected chi connectivity index (χ0v) is 12.3. The van der Waals surface area contributed by atoms with Gasteiger partial charge in [-0.25, -0.2) is 0 Å². The number of aliphatic carboxylic acids is 1. The van der Waals surface area contributed by atoms with Crippen LogP contribution in [0.3, 0.4) is 0 Å². The Balaban J connectivity index is 3.20. The molecule has 1 rings (SSSR count). The van der Waals surface area contributed by atoms with Gasteiger partial charge in [-0.1, -0.05) is 6.92 Å². The minimum Gasteiger partial charge on any atom is -0.496 e. The fraction of sp³-hybridized carbons (Fsp3) is 0.533. The Morgan fingerprint density at radius 1 is 1.37 bits per heavy atom. The van der Waals surface area contributed by atoms with E-state index in [1.54, 1.807) is 7.11 Å². The molecular formula is C15H23NO3. The van der Waals surface area contributed by atoms with Gasteiger partial charge in [-0.2, -0.15) is 0 Å². The summed E-state index contributed by atoms with van der Waals surface area (Å²) < 4.78 is 5.33. The molecule has 0 heterocycles. The maximum atomic E-state index is 10.8. The average Bonchev–Trinajstić information content (AvgIpc) is 2.32. The highest BCUT2D eigenvalue weighted by atomic mass is 16.5. The number of benzene rings is 1. The fourth-order valence-electron chi connectivity index (χ4n) is 2.48. The Bertz CT molecular complexity index is 483. The first-order valence-electron chi connectivity index (χ1n) is 6.41.